The van der Waals surface area contributed by atoms with Crippen LogP contribution < -0.4 is 26.6 Å². The van der Waals surface area contributed by atoms with Gasteiger partial charge in [-0.1, -0.05) is 46.8 Å². The van der Waals surface area contributed by atoms with Crippen LogP contribution in [0.1, 0.15) is 65.9 Å². The highest BCUT2D eigenvalue weighted by Gasteiger charge is 2.27. The number of non-ortho nitro benzene ring substituents is 1. The van der Waals surface area contributed by atoms with Crippen molar-refractivity contribution in [1.82, 2.24) is 21.3 Å². The topological polar surface area (TPSA) is 265 Å². The van der Waals surface area contributed by atoms with Crippen molar-refractivity contribution in [2.45, 2.75) is 84.8 Å². The van der Waals surface area contributed by atoms with E-state index in [1.165, 1.54) is 24.3 Å². The third kappa shape index (κ3) is 16.4. The standard InChI is InChI=1S/C36H44N8O9/c1-22(2)18-29(32(47)43-28(34(50)51)9-7-6-8-27(33(48)49)41-31(46)20-36(3,4)5)42-30(45)19-23-10-12-24(13-11-23)39-35(38-21-37)40-25-14-16-26(17-15-25)44(52)53/h10-17,22,27-29H,8-9,18-20H2,1-5H3,(H,41,46)(H,42,45)(H,43,47)(H,48,49)(H,50,51)(H2,38,39,40). The first-order valence-corrected chi connectivity index (χ1v) is 16.5. The van der Waals surface area contributed by atoms with Crippen molar-refractivity contribution in [3.05, 3.63) is 64.2 Å². The summed E-state index contributed by atoms with van der Waals surface area (Å²) in [6.07, 6.45) is 1.32. The number of nitrogens with one attached hydrogen (secondary N) is 5. The molecule has 0 saturated carbocycles. The Morgan fingerprint density at radius 3 is 1.89 bits per heavy atom. The molecule has 0 saturated heterocycles. The Bertz CT molecular complexity index is 1770. The van der Waals surface area contributed by atoms with Crippen LogP contribution in [0.25, 0.3) is 0 Å². The summed E-state index contributed by atoms with van der Waals surface area (Å²) < 4.78 is 0. The number of carboxylic acids is 2. The highest BCUT2D eigenvalue weighted by molar-refractivity contribution is 5.96. The fraction of sp³-hybridized carbons (Fsp3) is 0.417. The number of aliphatic imine (C=N–C) groups is 1. The minimum absolute atomic E-state index is 0.0459. The van der Waals surface area contributed by atoms with Crippen molar-refractivity contribution in [3.8, 4) is 18.0 Å². The Labute approximate surface area is 306 Å². The van der Waals surface area contributed by atoms with E-state index in [2.05, 4.69) is 43.4 Å². The van der Waals surface area contributed by atoms with E-state index in [0.29, 0.717) is 16.9 Å². The first kappa shape index (κ1) is 42.7. The lowest BCUT2D eigenvalue weighted by molar-refractivity contribution is -0.384. The Morgan fingerprint density at radius 1 is 0.849 bits per heavy atom. The van der Waals surface area contributed by atoms with Gasteiger partial charge in [-0.25, -0.2) is 14.6 Å². The Balaban J connectivity index is 2.04. The van der Waals surface area contributed by atoms with Crippen molar-refractivity contribution < 1.29 is 39.1 Å². The first-order chi connectivity index (χ1) is 24.9. The summed E-state index contributed by atoms with van der Waals surface area (Å²) in [6, 6.07) is 8.10. The van der Waals surface area contributed by atoms with Crippen LogP contribution in [0.5, 0.6) is 0 Å². The molecule has 17 heteroatoms. The molecule has 0 aliphatic rings. The average molecular weight is 733 g/mol. The quantitative estimate of drug-likeness (QED) is 0.0250. The van der Waals surface area contributed by atoms with Crippen LogP contribution in [0.3, 0.4) is 0 Å². The maximum absolute atomic E-state index is 13.2. The third-order valence-corrected chi connectivity index (χ3v) is 7.09. The summed E-state index contributed by atoms with van der Waals surface area (Å²) in [4.78, 5) is 76.5. The fourth-order valence-electron chi connectivity index (χ4n) is 4.64. The number of carboxylic acid groups (broad SMARTS) is 2. The molecule has 0 fully saturated rings. The Hall–Kier alpha value is -6.49. The molecule has 2 aromatic carbocycles. The molecule has 0 radical (unpaired) electrons. The SMILES string of the molecule is CC(C)CC(NC(=O)Cc1ccc(NC(=Nc2ccc([N+](=O)[O-])cc2)NC#N)cc1)C(=O)NC(CC#CCC(NC(=O)CC(C)(C)C)C(=O)O)C(=O)O. The maximum atomic E-state index is 13.2. The number of nitrogens with zero attached hydrogens (tertiary/aromatic N) is 3. The predicted molar refractivity (Wildman–Crippen MR) is 194 cm³/mol. The van der Waals surface area contributed by atoms with Gasteiger partial charge in [-0.05, 0) is 47.6 Å². The van der Waals surface area contributed by atoms with E-state index in [4.69, 9.17) is 5.26 Å². The van der Waals surface area contributed by atoms with Crippen LogP contribution in [0, 0.1) is 44.7 Å². The maximum Gasteiger partial charge on any atom is 0.327 e. The summed E-state index contributed by atoms with van der Waals surface area (Å²) in [5.41, 5.74) is 0.953. The number of carbonyl (C=O) groups is 5. The molecule has 0 aliphatic heterocycles. The number of anilines is 1. The van der Waals surface area contributed by atoms with Gasteiger partial charge in [0.1, 0.15) is 18.1 Å². The van der Waals surface area contributed by atoms with E-state index in [-0.39, 0.29) is 55.1 Å². The smallest absolute Gasteiger partial charge is 0.327 e. The largest absolute Gasteiger partial charge is 0.480 e. The second-order valence-electron chi connectivity index (χ2n) is 13.6. The number of hydrogen-bond acceptors (Lipinski definition) is 9. The number of nitro benzene ring substituents is 1. The molecule has 282 valence electrons. The molecule has 0 heterocycles. The predicted octanol–water partition coefficient (Wildman–Crippen LogP) is 3.20. The zero-order valence-electron chi connectivity index (χ0n) is 30.1. The molecule has 3 unspecified atom stereocenters. The van der Waals surface area contributed by atoms with Gasteiger partial charge in [-0.3, -0.25) is 29.8 Å². The van der Waals surface area contributed by atoms with Gasteiger partial charge in [0.2, 0.25) is 23.7 Å². The van der Waals surface area contributed by atoms with Gasteiger partial charge in [0, 0.05) is 37.1 Å². The molecule has 17 nitrogen and oxygen atoms in total. The number of nitriles is 1. The van der Waals surface area contributed by atoms with Crippen molar-refractivity contribution >= 4 is 52.7 Å². The monoisotopic (exact) mass is 732 g/mol. The molecule has 2 rings (SSSR count). The molecule has 2 aromatic rings. The number of guanidine groups is 1. The summed E-state index contributed by atoms with van der Waals surface area (Å²) in [5.74, 6) is 0.773. The van der Waals surface area contributed by atoms with Crippen LogP contribution >= 0.6 is 0 Å². The number of hydrogen-bond donors (Lipinski definition) is 7. The second kappa shape index (κ2) is 20.4. The Kier molecular flexibility index (Phi) is 16.4. The van der Waals surface area contributed by atoms with Crippen LogP contribution in [-0.2, 0) is 30.4 Å². The Morgan fingerprint density at radius 2 is 1.40 bits per heavy atom. The zero-order chi connectivity index (χ0) is 39.7. The number of nitro groups is 1. The van der Waals surface area contributed by atoms with Crippen molar-refractivity contribution in [3.63, 3.8) is 0 Å². The van der Waals surface area contributed by atoms with Gasteiger partial charge in [-0.15, -0.1) is 11.8 Å². The average Bonchev–Trinajstić information content (AvgIpc) is 3.05. The van der Waals surface area contributed by atoms with E-state index in [0.717, 1.165) is 0 Å². The summed E-state index contributed by atoms with van der Waals surface area (Å²) in [6.45, 7) is 9.16. The van der Waals surface area contributed by atoms with Crippen molar-refractivity contribution in [2.75, 3.05) is 5.32 Å². The first-order valence-electron chi connectivity index (χ1n) is 16.5. The molecule has 3 atom stereocenters. The lowest BCUT2D eigenvalue weighted by atomic mass is 9.92. The molecule has 0 aromatic heterocycles. The minimum atomic E-state index is -1.45. The van der Waals surface area contributed by atoms with Crippen LogP contribution in [0.4, 0.5) is 17.1 Å². The zero-order valence-corrected chi connectivity index (χ0v) is 30.1. The molecule has 0 aliphatic carbocycles. The number of aliphatic carboxylic acids is 2. The summed E-state index contributed by atoms with van der Waals surface area (Å²) in [7, 11) is 0. The van der Waals surface area contributed by atoms with Gasteiger partial charge in [0.05, 0.1) is 17.0 Å². The van der Waals surface area contributed by atoms with E-state index in [9.17, 15) is 44.3 Å². The lowest BCUT2D eigenvalue weighted by Gasteiger charge is -2.22. The van der Waals surface area contributed by atoms with Crippen LogP contribution in [-0.4, -0.2) is 68.9 Å². The number of rotatable bonds is 16. The second-order valence-corrected chi connectivity index (χ2v) is 13.6. The van der Waals surface area contributed by atoms with Crippen molar-refractivity contribution in [2.24, 2.45) is 16.3 Å². The molecule has 3 amide bonds. The molecular weight excluding hydrogens is 688 g/mol. The van der Waals surface area contributed by atoms with E-state index < -0.39 is 52.7 Å². The summed E-state index contributed by atoms with van der Waals surface area (Å²) >= 11 is 0. The molecule has 0 bridgehead atoms. The number of amides is 3. The molecule has 7 N–H and O–H groups in total. The summed E-state index contributed by atoms with van der Waals surface area (Å²) in [5, 5.41) is 52.0. The number of benzene rings is 2. The van der Waals surface area contributed by atoms with E-state index >= 15 is 0 Å². The van der Waals surface area contributed by atoms with Gasteiger partial charge in [0.25, 0.3) is 5.69 Å². The van der Waals surface area contributed by atoms with Gasteiger partial charge < -0.3 is 31.5 Å². The van der Waals surface area contributed by atoms with Crippen LogP contribution in [0.15, 0.2) is 53.5 Å². The fourth-order valence-corrected chi connectivity index (χ4v) is 4.64. The normalized spacial score (nSPS) is 12.8. The third-order valence-electron chi connectivity index (χ3n) is 7.09. The van der Waals surface area contributed by atoms with Crippen LogP contribution in [0.2, 0.25) is 0 Å². The van der Waals surface area contributed by atoms with Gasteiger partial charge >= 0.3 is 11.9 Å². The molecular formula is C36H44N8O9. The van der Waals surface area contributed by atoms with Gasteiger partial charge in [0.15, 0.2) is 6.19 Å². The van der Waals surface area contributed by atoms with Gasteiger partial charge in [-0.2, -0.15) is 5.26 Å². The van der Waals surface area contributed by atoms with E-state index in [1.807, 2.05) is 34.6 Å². The minimum Gasteiger partial charge on any atom is -0.480 e. The molecule has 0 spiro atoms. The van der Waals surface area contributed by atoms with E-state index in [1.54, 1.807) is 30.5 Å². The highest BCUT2D eigenvalue weighted by Crippen LogP contribution is 2.19. The highest BCUT2D eigenvalue weighted by atomic mass is 16.6. The van der Waals surface area contributed by atoms with Crippen molar-refractivity contribution in [1.29, 1.82) is 5.26 Å². The lowest BCUT2D eigenvalue weighted by Crippen LogP contribution is -2.52. The molecule has 53 heavy (non-hydrogen) atoms. The number of carbonyl (C=O) groups excluding carboxylic acids is 3.